The summed E-state index contributed by atoms with van der Waals surface area (Å²) in [6.45, 7) is 6.25. The monoisotopic (exact) mass is 343 g/mol. The number of likely N-dealkylation sites (N-methyl/N-ethyl adjacent to an activating group) is 1. The Morgan fingerprint density at radius 1 is 1.21 bits per heavy atom. The number of quaternary nitrogens is 1. The van der Waals surface area contributed by atoms with E-state index in [0.717, 1.165) is 43.3 Å². The average molecular weight is 343 g/mol. The smallest absolute Gasteiger partial charge is 0.190 e. The lowest BCUT2D eigenvalue weighted by molar-refractivity contribution is -0.880. The highest BCUT2D eigenvalue weighted by Gasteiger charge is 2.19. The van der Waals surface area contributed by atoms with Crippen molar-refractivity contribution in [1.82, 2.24) is 9.97 Å². The van der Waals surface area contributed by atoms with E-state index in [1.807, 2.05) is 43.3 Å². The van der Waals surface area contributed by atoms with Crippen LogP contribution in [0.4, 0.5) is 5.82 Å². The van der Waals surface area contributed by atoms with E-state index in [9.17, 15) is 4.79 Å². The molecule has 2 heterocycles. The summed E-state index contributed by atoms with van der Waals surface area (Å²) in [5.74, 6) is 1.44. The molecule has 2 aromatic rings. The van der Waals surface area contributed by atoms with Gasteiger partial charge in [0, 0.05) is 17.3 Å². The Labute approximate surface area is 147 Å². The minimum Gasteiger partial charge on any atom is -0.345 e. The second-order valence-electron chi connectivity index (χ2n) is 6.17. The fourth-order valence-electron chi connectivity index (χ4n) is 2.71. The van der Waals surface area contributed by atoms with Gasteiger partial charge in [-0.25, -0.2) is 9.97 Å². The molecule has 0 aliphatic carbocycles. The van der Waals surface area contributed by atoms with Gasteiger partial charge in [-0.15, -0.1) is 0 Å². The van der Waals surface area contributed by atoms with Crippen LogP contribution in [-0.4, -0.2) is 54.7 Å². The number of hydrogen-bond donors (Lipinski definition) is 1. The predicted molar refractivity (Wildman–Crippen MR) is 97.1 cm³/mol. The van der Waals surface area contributed by atoms with Crippen molar-refractivity contribution in [3.05, 3.63) is 47.7 Å². The molecular weight excluding hydrogens is 320 g/mol. The van der Waals surface area contributed by atoms with Crippen molar-refractivity contribution in [3.63, 3.8) is 0 Å². The molecule has 5 nitrogen and oxygen atoms in total. The quantitative estimate of drug-likeness (QED) is 0.500. The van der Waals surface area contributed by atoms with Crippen LogP contribution in [-0.2, 0) is 0 Å². The van der Waals surface area contributed by atoms with Gasteiger partial charge in [0.25, 0.3) is 0 Å². The largest absolute Gasteiger partial charge is 0.345 e. The normalized spacial score (nSPS) is 15.5. The first kappa shape index (κ1) is 16.9. The van der Waals surface area contributed by atoms with Crippen LogP contribution < -0.4 is 9.80 Å². The van der Waals surface area contributed by atoms with E-state index < -0.39 is 0 Å². The van der Waals surface area contributed by atoms with E-state index in [2.05, 4.69) is 21.9 Å². The van der Waals surface area contributed by atoms with Gasteiger partial charge in [0.2, 0.25) is 0 Å². The van der Waals surface area contributed by atoms with Gasteiger partial charge in [-0.3, -0.25) is 4.79 Å². The fraction of sp³-hybridized carbons (Fsp3) is 0.389. The topological polar surface area (TPSA) is 50.5 Å². The number of carbonyl (C=O) groups excluding carboxylic acids is 1. The van der Waals surface area contributed by atoms with Gasteiger partial charge in [-0.1, -0.05) is 42.1 Å². The molecule has 126 valence electrons. The molecule has 0 unspecified atom stereocenters. The third-order valence-electron chi connectivity index (χ3n) is 4.19. The van der Waals surface area contributed by atoms with Crippen molar-refractivity contribution in [2.24, 2.45) is 0 Å². The number of carbonyl (C=O) groups is 1. The van der Waals surface area contributed by atoms with Gasteiger partial charge in [-0.05, 0) is 6.92 Å². The van der Waals surface area contributed by atoms with E-state index in [0.29, 0.717) is 10.9 Å². The third kappa shape index (κ3) is 4.33. The number of benzene rings is 1. The predicted octanol–water partition coefficient (Wildman–Crippen LogP) is 1.09. The molecule has 0 amide bonds. The van der Waals surface area contributed by atoms with Crippen molar-refractivity contribution in [3.8, 4) is 0 Å². The van der Waals surface area contributed by atoms with E-state index in [1.54, 1.807) is 4.90 Å². The molecule has 0 atom stereocenters. The Balaban J connectivity index is 1.66. The van der Waals surface area contributed by atoms with Crippen molar-refractivity contribution >= 4 is 23.4 Å². The van der Waals surface area contributed by atoms with Crippen LogP contribution in [0.2, 0.25) is 0 Å². The van der Waals surface area contributed by atoms with E-state index >= 15 is 0 Å². The molecule has 6 heteroatoms. The fourth-order valence-corrected chi connectivity index (χ4v) is 3.50. The van der Waals surface area contributed by atoms with E-state index in [4.69, 9.17) is 0 Å². The number of aromatic nitrogens is 2. The summed E-state index contributed by atoms with van der Waals surface area (Å²) >= 11 is 1.41. The summed E-state index contributed by atoms with van der Waals surface area (Å²) < 4.78 is 0. The summed E-state index contributed by atoms with van der Waals surface area (Å²) in [5.41, 5.74) is 1.68. The third-order valence-corrected chi connectivity index (χ3v) is 5.04. The molecule has 24 heavy (non-hydrogen) atoms. The van der Waals surface area contributed by atoms with Gasteiger partial charge >= 0.3 is 0 Å². The number of piperazine rings is 1. The summed E-state index contributed by atoms with van der Waals surface area (Å²) in [7, 11) is 2.22. The molecular formula is C18H23N4OS+. The number of thioether (sulfide) groups is 1. The maximum Gasteiger partial charge on any atom is 0.190 e. The first-order chi connectivity index (χ1) is 11.6. The Kier molecular flexibility index (Phi) is 5.48. The van der Waals surface area contributed by atoms with Crippen LogP contribution in [0.15, 0.2) is 41.6 Å². The highest BCUT2D eigenvalue weighted by molar-refractivity contribution is 7.99. The number of aryl methyl sites for hydroxylation is 1. The highest BCUT2D eigenvalue weighted by Crippen LogP contribution is 2.20. The molecule has 0 bridgehead atoms. The number of Topliss-reactive ketones (excluding diaryl/α,β-unsaturated/α-hetero) is 1. The Bertz CT molecular complexity index is 699. The zero-order chi connectivity index (χ0) is 16.9. The maximum absolute atomic E-state index is 12.2. The number of nitrogens with zero attached hydrogens (tertiary/aromatic N) is 3. The van der Waals surface area contributed by atoms with Crippen LogP contribution in [0.1, 0.15) is 16.1 Å². The van der Waals surface area contributed by atoms with Crippen LogP contribution >= 0.6 is 11.8 Å². The van der Waals surface area contributed by atoms with Gasteiger partial charge in [-0.2, -0.15) is 0 Å². The van der Waals surface area contributed by atoms with Crippen molar-refractivity contribution in [1.29, 1.82) is 0 Å². The van der Waals surface area contributed by atoms with Crippen molar-refractivity contribution < 1.29 is 9.69 Å². The van der Waals surface area contributed by atoms with E-state index in [-0.39, 0.29) is 5.78 Å². The number of ketones is 1. The number of anilines is 1. The van der Waals surface area contributed by atoms with Gasteiger partial charge in [0.05, 0.1) is 39.0 Å². The summed E-state index contributed by atoms with van der Waals surface area (Å²) in [4.78, 5) is 25.2. The summed E-state index contributed by atoms with van der Waals surface area (Å²) in [6.07, 6.45) is 0. The van der Waals surface area contributed by atoms with Crippen molar-refractivity contribution in [2.45, 2.75) is 12.1 Å². The lowest BCUT2D eigenvalue weighted by Crippen LogP contribution is -3.12. The lowest BCUT2D eigenvalue weighted by Gasteiger charge is -2.31. The van der Waals surface area contributed by atoms with Crippen LogP contribution in [0, 0.1) is 6.92 Å². The molecule has 1 aromatic heterocycles. The molecule has 0 spiro atoms. The lowest BCUT2D eigenvalue weighted by atomic mass is 10.2. The Hall–Kier alpha value is -1.92. The minimum absolute atomic E-state index is 0.107. The van der Waals surface area contributed by atoms with Crippen LogP contribution in [0.25, 0.3) is 0 Å². The molecule has 1 aliphatic rings. The molecule has 1 N–H and O–H groups in total. The van der Waals surface area contributed by atoms with Crippen LogP contribution in [0.5, 0.6) is 0 Å². The van der Waals surface area contributed by atoms with E-state index in [1.165, 1.54) is 11.8 Å². The first-order valence-electron chi connectivity index (χ1n) is 8.25. The SMILES string of the molecule is Cc1cc(N2CC[NH+](C)CC2)nc(SCC(=O)c2ccccc2)n1. The van der Waals surface area contributed by atoms with Gasteiger partial charge < -0.3 is 9.80 Å². The number of hydrogen-bond acceptors (Lipinski definition) is 5. The molecule has 3 rings (SSSR count). The second-order valence-corrected chi connectivity index (χ2v) is 7.11. The zero-order valence-corrected chi connectivity index (χ0v) is 15.0. The molecule has 1 fully saturated rings. The Morgan fingerprint density at radius 3 is 2.62 bits per heavy atom. The van der Waals surface area contributed by atoms with Crippen molar-refractivity contribution in [2.75, 3.05) is 43.9 Å². The second kappa shape index (κ2) is 7.77. The van der Waals surface area contributed by atoms with Crippen LogP contribution in [0.3, 0.4) is 0 Å². The average Bonchev–Trinajstić information content (AvgIpc) is 2.60. The van der Waals surface area contributed by atoms with Gasteiger partial charge in [0.15, 0.2) is 10.9 Å². The van der Waals surface area contributed by atoms with Gasteiger partial charge in [0.1, 0.15) is 5.82 Å². The molecule has 1 aromatic carbocycles. The summed E-state index contributed by atoms with van der Waals surface area (Å²) in [5, 5.41) is 0.681. The Morgan fingerprint density at radius 2 is 1.92 bits per heavy atom. The summed E-state index contributed by atoms with van der Waals surface area (Å²) in [6, 6.07) is 11.4. The minimum atomic E-state index is 0.107. The molecule has 0 saturated carbocycles. The highest BCUT2D eigenvalue weighted by atomic mass is 32.2. The molecule has 1 aliphatic heterocycles. The number of rotatable bonds is 5. The zero-order valence-electron chi connectivity index (χ0n) is 14.2. The number of nitrogens with one attached hydrogen (secondary N) is 1. The standard InChI is InChI=1S/C18H22N4OS/c1-14-12-17(22-10-8-21(2)9-11-22)20-18(19-14)24-13-16(23)15-6-4-3-5-7-15/h3-7,12H,8-11,13H2,1-2H3/p+1. The molecule has 1 saturated heterocycles. The first-order valence-corrected chi connectivity index (χ1v) is 9.23. The molecule has 0 radical (unpaired) electrons. The maximum atomic E-state index is 12.2.